The van der Waals surface area contributed by atoms with Crippen molar-refractivity contribution in [2.45, 2.75) is 13.1 Å². The van der Waals surface area contributed by atoms with Crippen LogP contribution in [-0.4, -0.2) is 39.6 Å². The molecule has 29 heavy (non-hydrogen) atoms. The lowest BCUT2D eigenvalue weighted by molar-refractivity contribution is 0.0723. The third-order valence-corrected chi connectivity index (χ3v) is 5.64. The molecule has 2 aromatic heterocycles. The fraction of sp³-hybridized carbons (Fsp3) is 0.250. The number of rotatable bonds is 8. The highest BCUT2D eigenvalue weighted by Gasteiger charge is 2.21. The molecule has 0 spiro atoms. The fourth-order valence-electron chi connectivity index (χ4n) is 2.98. The first-order chi connectivity index (χ1) is 13.7. The smallest absolute Gasteiger partial charge is 0.264 e. The first kappa shape index (κ1) is 20.9. The van der Waals surface area contributed by atoms with Crippen LogP contribution in [0.15, 0.2) is 58.5 Å². The summed E-state index contributed by atoms with van der Waals surface area (Å²) in [5, 5.41) is 1.86. The summed E-state index contributed by atoms with van der Waals surface area (Å²) in [4.78, 5) is 17.4. The van der Waals surface area contributed by atoms with Crippen molar-refractivity contribution >= 4 is 38.6 Å². The lowest BCUT2D eigenvalue weighted by Crippen LogP contribution is -2.30. The number of carbonyl (C=O) groups is 1. The molecule has 3 aromatic rings. The summed E-state index contributed by atoms with van der Waals surface area (Å²) >= 11 is 1.38. The first-order valence-corrected chi connectivity index (χ1v) is 11.6. The fourth-order valence-corrected chi connectivity index (χ4v) is 4.22. The highest BCUT2D eigenvalue weighted by molar-refractivity contribution is 7.92. The number of furan rings is 1. The third-order valence-electron chi connectivity index (χ3n) is 4.17. The second-order valence-corrected chi connectivity index (χ2v) is 9.53. The molecule has 9 heteroatoms. The molecule has 0 saturated carbocycles. The van der Waals surface area contributed by atoms with Gasteiger partial charge in [-0.3, -0.25) is 9.52 Å². The Balaban J connectivity index is 1.96. The van der Waals surface area contributed by atoms with E-state index >= 15 is 0 Å². The van der Waals surface area contributed by atoms with Gasteiger partial charge in [0.2, 0.25) is 10.0 Å². The van der Waals surface area contributed by atoms with Crippen molar-refractivity contribution in [3.8, 4) is 0 Å². The van der Waals surface area contributed by atoms with Gasteiger partial charge in [-0.15, -0.1) is 11.3 Å². The summed E-state index contributed by atoms with van der Waals surface area (Å²) in [5.41, 5.74) is 2.17. The van der Waals surface area contributed by atoms with Crippen molar-refractivity contribution in [3.63, 3.8) is 0 Å². The molecule has 0 aliphatic heterocycles. The van der Waals surface area contributed by atoms with E-state index in [4.69, 9.17) is 4.42 Å². The molecule has 0 unspecified atom stereocenters. The van der Waals surface area contributed by atoms with E-state index in [-0.39, 0.29) is 5.91 Å². The molecule has 0 fully saturated rings. The van der Waals surface area contributed by atoms with Crippen LogP contribution in [-0.2, 0) is 23.1 Å². The van der Waals surface area contributed by atoms with E-state index in [0.29, 0.717) is 29.4 Å². The van der Waals surface area contributed by atoms with Gasteiger partial charge >= 0.3 is 0 Å². The maximum Gasteiger partial charge on any atom is 0.264 e. The maximum absolute atomic E-state index is 13.1. The zero-order chi connectivity index (χ0) is 21.0. The summed E-state index contributed by atoms with van der Waals surface area (Å²) in [5.74, 6) is 0.564. The molecule has 0 bridgehead atoms. The van der Waals surface area contributed by atoms with Gasteiger partial charge in [0, 0.05) is 32.0 Å². The second kappa shape index (κ2) is 8.71. The largest absolute Gasteiger partial charge is 0.467 e. The lowest BCUT2D eigenvalue weighted by Gasteiger charge is -2.25. The molecule has 3 rings (SSSR count). The van der Waals surface area contributed by atoms with Crippen molar-refractivity contribution in [1.29, 1.82) is 0 Å². The second-order valence-electron chi connectivity index (χ2n) is 6.83. The molecule has 1 N–H and O–H groups in total. The van der Waals surface area contributed by atoms with Crippen LogP contribution in [0.3, 0.4) is 0 Å². The molecule has 0 saturated heterocycles. The Morgan fingerprint density at radius 2 is 1.93 bits per heavy atom. The van der Waals surface area contributed by atoms with Gasteiger partial charge < -0.3 is 14.2 Å². The van der Waals surface area contributed by atoms with Gasteiger partial charge in [0.1, 0.15) is 5.76 Å². The Bertz CT molecular complexity index is 1060. The number of hydrogen-bond donors (Lipinski definition) is 1. The van der Waals surface area contributed by atoms with E-state index in [1.807, 2.05) is 42.6 Å². The highest BCUT2D eigenvalue weighted by Crippen LogP contribution is 2.27. The zero-order valence-corrected chi connectivity index (χ0v) is 18.1. The lowest BCUT2D eigenvalue weighted by atomic mass is 10.1. The zero-order valence-electron chi connectivity index (χ0n) is 16.5. The van der Waals surface area contributed by atoms with Crippen LogP contribution in [0.2, 0.25) is 0 Å². The van der Waals surface area contributed by atoms with Crippen molar-refractivity contribution in [1.82, 2.24) is 4.90 Å². The molecule has 0 aliphatic rings. The van der Waals surface area contributed by atoms with Crippen molar-refractivity contribution < 1.29 is 17.6 Å². The molecule has 1 amide bonds. The summed E-state index contributed by atoms with van der Waals surface area (Å²) in [6.45, 7) is 0.602. The van der Waals surface area contributed by atoms with Crippen LogP contribution >= 0.6 is 11.3 Å². The van der Waals surface area contributed by atoms with Gasteiger partial charge in [0.15, 0.2) is 0 Å². The predicted molar refractivity (Wildman–Crippen MR) is 116 cm³/mol. The van der Waals surface area contributed by atoms with E-state index in [1.165, 1.54) is 11.3 Å². The molecule has 154 valence electrons. The minimum Gasteiger partial charge on any atom is -0.467 e. The van der Waals surface area contributed by atoms with Crippen molar-refractivity contribution in [2.24, 2.45) is 0 Å². The Morgan fingerprint density at radius 3 is 2.52 bits per heavy atom. The van der Waals surface area contributed by atoms with Crippen LogP contribution in [0, 0.1) is 0 Å². The van der Waals surface area contributed by atoms with Crippen LogP contribution in [0.1, 0.15) is 21.0 Å². The van der Waals surface area contributed by atoms with Crippen molar-refractivity contribution in [2.75, 3.05) is 30.0 Å². The van der Waals surface area contributed by atoms with Crippen LogP contribution in [0.5, 0.6) is 0 Å². The Kier molecular flexibility index (Phi) is 6.29. The van der Waals surface area contributed by atoms with Gasteiger partial charge in [-0.2, -0.15) is 0 Å². The Labute approximate surface area is 174 Å². The third kappa shape index (κ3) is 5.61. The van der Waals surface area contributed by atoms with E-state index in [9.17, 15) is 13.2 Å². The van der Waals surface area contributed by atoms with Crippen molar-refractivity contribution in [3.05, 3.63) is 70.3 Å². The van der Waals surface area contributed by atoms with E-state index in [1.54, 1.807) is 35.4 Å². The quantitative estimate of drug-likeness (QED) is 0.587. The normalized spacial score (nSPS) is 11.3. The van der Waals surface area contributed by atoms with E-state index in [2.05, 4.69) is 4.72 Å². The van der Waals surface area contributed by atoms with Gasteiger partial charge in [-0.05, 0) is 47.3 Å². The van der Waals surface area contributed by atoms with Gasteiger partial charge in [0.25, 0.3) is 5.91 Å². The van der Waals surface area contributed by atoms with Crippen LogP contribution in [0.25, 0.3) is 0 Å². The molecule has 0 radical (unpaired) electrons. The van der Waals surface area contributed by atoms with Crippen LogP contribution in [0.4, 0.5) is 11.4 Å². The average Bonchev–Trinajstić information content (AvgIpc) is 3.33. The molecule has 7 nitrogen and oxygen atoms in total. The molecule has 1 aromatic carbocycles. The Hall–Kier alpha value is -2.78. The standard InChI is InChI=1S/C20H23N3O4S2/c1-22(2)18-9-8-16(21-29(3,25)26)12-15(18)13-23(14-17-6-4-10-27-17)20(24)19-7-5-11-28-19/h4-12,21H,13-14H2,1-3H3. The number of thiophene rings is 1. The predicted octanol–water partition coefficient (Wildman–Crippen LogP) is 3.62. The molecule has 2 heterocycles. The minimum atomic E-state index is -3.41. The Morgan fingerprint density at radius 1 is 1.14 bits per heavy atom. The van der Waals surface area contributed by atoms with Gasteiger partial charge in [0.05, 0.1) is 23.9 Å². The summed E-state index contributed by atoms with van der Waals surface area (Å²) in [6.07, 6.45) is 2.68. The topological polar surface area (TPSA) is 82.9 Å². The van der Waals surface area contributed by atoms with Gasteiger partial charge in [-0.25, -0.2) is 8.42 Å². The van der Waals surface area contributed by atoms with E-state index < -0.39 is 10.0 Å². The number of nitrogens with zero attached hydrogens (tertiary/aromatic N) is 2. The number of benzene rings is 1. The highest BCUT2D eigenvalue weighted by atomic mass is 32.2. The number of hydrogen-bond acceptors (Lipinski definition) is 6. The average molecular weight is 434 g/mol. The van der Waals surface area contributed by atoms with Gasteiger partial charge in [-0.1, -0.05) is 6.07 Å². The number of amides is 1. The maximum atomic E-state index is 13.1. The number of nitrogens with one attached hydrogen (secondary N) is 1. The minimum absolute atomic E-state index is 0.109. The number of carbonyl (C=O) groups excluding carboxylic acids is 1. The molecular formula is C20H23N3O4S2. The molecule has 0 aliphatic carbocycles. The summed E-state index contributed by atoms with van der Waals surface area (Å²) in [6, 6.07) is 12.5. The van der Waals surface area contributed by atoms with E-state index in [0.717, 1.165) is 17.5 Å². The summed E-state index contributed by atoms with van der Waals surface area (Å²) in [7, 11) is 0.401. The number of sulfonamides is 1. The first-order valence-electron chi connectivity index (χ1n) is 8.86. The van der Waals surface area contributed by atoms with Crippen LogP contribution < -0.4 is 9.62 Å². The number of anilines is 2. The monoisotopic (exact) mass is 433 g/mol. The molecular weight excluding hydrogens is 410 g/mol. The SMILES string of the molecule is CN(C)c1ccc(NS(C)(=O)=O)cc1CN(Cc1ccco1)C(=O)c1cccs1. The summed E-state index contributed by atoms with van der Waals surface area (Å²) < 4.78 is 31.2. The molecule has 0 atom stereocenters.